The van der Waals surface area contributed by atoms with Gasteiger partial charge in [0.05, 0.1) is 11.9 Å². The molecule has 1 saturated heterocycles. The van der Waals surface area contributed by atoms with Gasteiger partial charge in [-0.1, -0.05) is 13.3 Å². The van der Waals surface area contributed by atoms with Crippen LogP contribution < -0.4 is 10.6 Å². The molecule has 0 radical (unpaired) electrons. The van der Waals surface area contributed by atoms with E-state index in [0.717, 1.165) is 38.3 Å². The van der Waals surface area contributed by atoms with E-state index in [-0.39, 0.29) is 5.91 Å². The van der Waals surface area contributed by atoms with Gasteiger partial charge in [0, 0.05) is 19.6 Å². The standard InChI is InChI=1S/C16H26N4O/c1-2-8-17-14-6-7-15(19-13-14)16(21)18-9-12-20-10-4-3-5-11-20/h6-7,13,17H,2-5,8-12H2,1H3,(H,18,21). The van der Waals surface area contributed by atoms with Gasteiger partial charge >= 0.3 is 0 Å². The zero-order chi connectivity index (χ0) is 14.9. The third kappa shape index (κ3) is 5.34. The van der Waals surface area contributed by atoms with E-state index in [4.69, 9.17) is 0 Å². The molecule has 0 spiro atoms. The topological polar surface area (TPSA) is 57.3 Å². The highest BCUT2D eigenvalue weighted by Crippen LogP contribution is 2.08. The number of anilines is 1. The van der Waals surface area contributed by atoms with Crippen LogP contribution in [0.3, 0.4) is 0 Å². The molecule has 1 aliphatic rings. The minimum absolute atomic E-state index is 0.0888. The van der Waals surface area contributed by atoms with Crippen LogP contribution in [0.25, 0.3) is 0 Å². The second-order valence-corrected chi connectivity index (χ2v) is 5.52. The average Bonchev–Trinajstić information content (AvgIpc) is 2.54. The summed E-state index contributed by atoms with van der Waals surface area (Å²) in [5.74, 6) is -0.0888. The van der Waals surface area contributed by atoms with E-state index < -0.39 is 0 Å². The Morgan fingerprint density at radius 2 is 2.05 bits per heavy atom. The molecule has 1 aromatic heterocycles. The predicted molar refractivity (Wildman–Crippen MR) is 85.6 cm³/mol. The fourth-order valence-electron chi connectivity index (χ4n) is 2.50. The number of piperidine rings is 1. The minimum Gasteiger partial charge on any atom is -0.384 e. The number of rotatable bonds is 7. The number of nitrogens with one attached hydrogen (secondary N) is 2. The maximum atomic E-state index is 12.0. The van der Waals surface area contributed by atoms with Crippen molar-refractivity contribution in [2.75, 3.05) is 38.0 Å². The van der Waals surface area contributed by atoms with Crippen molar-refractivity contribution in [1.29, 1.82) is 0 Å². The molecular weight excluding hydrogens is 264 g/mol. The molecule has 116 valence electrons. The first-order valence-corrected chi connectivity index (χ1v) is 8.00. The van der Waals surface area contributed by atoms with Gasteiger partial charge in [-0.3, -0.25) is 4.79 Å². The first-order valence-electron chi connectivity index (χ1n) is 8.00. The van der Waals surface area contributed by atoms with Crippen LogP contribution in [0.2, 0.25) is 0 Å². The Balaban J connectivity index is 1.72. The van der Waals surface area contributed by atoms with E-state index in [1.54, 1.807) is 12.3 Å². The summed E-state index contributed by atoms with van der Waals surface area (Å²) < 4.78 is 0. The van der Waals surface area contributed by atoms with Crippen molar-refractivity contribution < 1.29 is 4.79 Å². The van der Waals surface area contributed by atoms with E-state index >= 15 is 0 Å². The molecule has 1 aromatic rings. The number of hydrogen-bond donors (Lipinski definition) is 2. The molecule has 1 aliphatic heterocycles. The van der Waals surface area contributed by atoms with Crippen LogP contribution in [0.4, 0.5) is 5.69 Å². The number of carbonyl (C=O) groups excluding carboxylic acids is 1. The predicted octanol–water partition coefficient (Wildman–Crippen LogP) is 2.12. The van der Waals surface area contributed by atoms with Gasteiger partial charge in [0.25, 0.3) is 5.91 Å². The van der Waals surface area contributed by atoms with Gasteiger partial charge in [-0.05, 0) is 44.5 Å². The molecule has 0 aromatic carbocycles. The van der Waals surface area contributed by atoms with Crippen molar-refractivity contribution >= 4 is 11.6 Å². The zero-order valence-electron chi connectivity index (χ0n) is 12.9. The molecular formula is C16H26N4O. The quantitative estimate of drug-likeness (QED) is 0.807. The Morgan fingerprint density at radius 3 is 2.71 bits per heavy atom. The van der Waals surface area contributed by atoms with Crippen LogP contribution in [0.1, 0.15) is 43.1 Å². The first kappa shape index (κ1) is 15.8. The molecule has 21 heavy (non-hydrogen) atoms. The molecule has 1 amide bonds. The Kier molecular flexibility index (Phi) is 6.47. The summed E-state index contributed by atoms with van der Waals surface area (Å²) in [4.78, 5) is 18.6. The first-order chi connectivity index (χ1) is 10.3. The van der Waals surface area contributed by atoms with Crippen molar-refractivity contribution in [2.45, 2.75) is 32.6 Å². The summed E-state index contributed by atoms with van der Waals surface area (Å²) in [6.45, 7) is 6.98. The van der Waals surface area contributed by atoms with Crippen LogP contribution in [-0.2, 0) is 0 Å². The maximum Gasteiger partial charge on any atom is 0.269 e. The fourth-order valence-corrected chi connectivity index (χ4v) is 2.50. The van der Waals surface area contributed by atoms with Gasteiger partial charge in [-0.2, -0.15) is 0 Å². The molecule has 2 heterocycles. The Morgan fingerprint density at radius 1 is 1.24 bits per heavy atom. The van der Waals surface area contributed by atoms with Crippen LogP contribution in [-0.4, -0.2) is 48.5 Å². The lowest BCUT2D eigenvalue weighted by Gasteiger charge is -2.26. The van der Waals surface area contributed by atoms with Gasteiger partial charge in [-0.25, -0.2) is 4.98 Å². The van der Waals surface area contributed by atoms with Crippen LogP contribution >= 0.6 is 0 Å². The number of carbonyl (C=O) groups is 1. The van der Waals surface area contributed by atoms with Gasteiger partial charge in [0.1, 0.15) is 5.69 Å². The van der Waals surface area contributed by atoms with Gasteiger partial charge in [0.2, 0.25) is 0 Å². The molecule has 5 heteroatoms. The molecule has 0 aliphatic carbocycles. The molecule has 1 fully saturated rings. The average molecular weight is 290 g/mol. The smallest absolute Gasteiger partial charge is 0.269 e. The van der Waals surface area contributed by atoms with E-state index in [1.807, 2.05) is 6.07 Å². The van der Waals surface area contributed by atoms with Crippen molar-refractivity contribution in [3.05, 3.63) is 24.0 Å². The largest absolute Gasteiger partial charge is 0.384 e. The number of pyridine rings is 1. The third-order valence-corrected chi connectivity index (χ3v) is 3.74. The van der Waals surface area contributed by atoms with E-state index in [2.05, 4.69) is 27.4 Å². The van der Waals surface area contributed by atoms with Gasteiger partial charge in [0.15, 0.2) is 0 Å². The van der Waals surface area contributed by atoms with Crippen LogP contribution in [0.5, 0.6) is 0 Å². The normalized spacial score (nSPS) is 15.7. The molecule has 0 bridgehead atoms. The van der Waals surface area contributed by atoms with E-state index in [9.17, 15) is 4.79 Å². The Hall–Kier alpha value is -1.62. The van der Waals surface area contributed by atoms with Crippen molar-refractivity contribution in [1.82, 2.24) is 15.2 Å². The molecule has 0 atom stereocenters. The number of aromatic nitrogens is 1. The summed E-state index contributed by atoms with van der Waals surface area (Å²) in [5, 5.41) is 6.19. The van der Waals surface area contributed by atoms with Crippen LogP contribution in [0, 0.1) is 0 Å². The lowest BCUT2D eigenvalue weighted by molar-refractivity contribution is 0.0941. The lowest BCUT2D eigenvalue weighted by atomic mass is 10.1. The molecule has 2 N–H and O–H groups in total. The number of likely N-dealkylation sites (tertiary alicyclic amines) is 1. The number of nitrogens with zero attached hydrogens (tertiary/aromatic N) is 2. The van der Waals surface area contributed by atoms with Crippen molar-refractivity contribution in [3.63, 3.8) is 0 Å². The summed E-state index contributed by atoms with van der Waals surface area (Å²) >= 11 is 0. The fraction of sp³-hybridized carbons (Fsp3) is 0.625. The highest BCUT2D eigenvalue weighted by molar-refractivity contribution is 5.92. The van der Waals surface area contributed by atoms with Gasteiger partial charge < -0.3 is 15.5 Å². The lowest BCUT2D eigenvalue weighted by Crippen LogP contribution is -2.37. The SMILES string of the molecule is CCCNc1ccc(C(=O)NCCN2CCCCC2)nc1. The highest BCUT2D eigenvalue weighted by Gasteiger charge is 2.11. The second kappa shape index (κ2) is 8.62. The monoisotopic (exact) mass is 290 g/mol. The summed E-state index contributed by atoms with van der Waals surface area (Å²) in [7, 11) is 0. The molecule has 2 rings (SSSR count). The van der Waals surface area contributed by atoms with E-state index in [0.29, 0.717) is 12.2 Å². The number of hydrogen-bond acceptors (Lipinski definition) is 4. The Labute approximate surface area is 127 Å². The summed E-state index contributed by atoms with van der Waals surface area (Å²) in [5.41, 5.74) is 1.44. The summed E-state index contributed by atoms with van der Waals surface area (Å²) in [6.07, 6.45) is 6.68. The zero-order valence-corrected chi connectivity index (χ0v) is 12.9. The Bertz CT molecular complexity index is 426. The van der Waals surface area contributed by atoms with Crippen molar-refractivity contribution in [2.24, 2.45) is 0 Å². The van der Waals surface area contributed by atoms with Gasteiger partial charge in [-0.15, -0.1) is 0 Å². The highest BCUT2D eigenvalue weighted by atomic mass is 16.1. The third-order valence-electron chi connectivity index (χ3n) is 3.74. The van der Waals surface area contributed by atoms with Crippen LogP contribution in [0.15, 0.2) is 18.3 Å². The minimum atomic E-state index is -0.0888. The maximum absolute atomic E-state index is 12.0. The second-order valence-electron chi connectivity index (χ2n) is 5.52. The molecule has 0 unspecified atom stereocenters. The van der Waals surface area contributed by atoms with E-state index in [1.165, 1.54) is 19.3 Å². The molecule has 5 nitrogen and oxygen atoms in total. The number of amides is 1. The summed E-state index contributed by atoms with van der Waals surface area (Å²) in [6, 6.07) is 3.68. The van der Waals surface area contributed by atoms with Crippen molar-refractivity contribution in [3.8, 4) is 0 Å². The molecule has 0 saturated carbocycles.